The van der Waals surface area contributed by atoms with Gasteiger partial charge in [-0.25, -0.2) is 4.39 Å². The second-order valence-corrected chi connectivity index (χ2v) is 6.18. The van der Waals surface area contributed by atoms with Gasteiger partial charge in [0.05, 0.1) is 16.1 Å². The molecule has 112 valence electrons. The predicted molar refractivity (Wildman–Crippen MR) is 89.5 cm³/mol. The largest absolute Gasteiger partial charge is 0.378 e. The SMILES string of the molecule is CCC(Nc1cc(Cl)c(F)c(Cl)c1)c1ccc(Cl)cc1Cl. The van der Waals surface area contributed by atoms with Gasteiger partial charge in [-0.1, -0.05) is 59.4 Å². The minimum Gasteiger partial charge on any atom is -0.378 e. The maximum absolute atomic E-state index is 13.4. The average Bonchev–Trinajstić information content (AvgIpc) is 2.42. The van der Waals surface area contributed by atoms with Crippen LogP contribution in [0.25, 0.3) is 0 Å². The van der Waals surface area contributed by atoms with Gasteiger partial charge in [0.1, 0.15) is 0 Å². The van der Waals surface area contributed by atoms with Crippen LogP contribution in [0.3, 0.4) is 0 Å². The number of benzene rings is 2. The molecular weight excluding hydrogens is 355 g/mol. The maximum Gasteiger partial charge on any atom is 0.160 e. The Labute approximate surface area is 143 Å². The highest BCUT2D eigenvalue weighted by atomic mass is 35.5. The number of hydrogen-bond acceptors (Lipinski definition) is 1. The summed E-state index contributed by atoms with van der Waals surface area (Å²) in [5, 5.41) is 4.35. The van der Waals surface area contributed by atoms with Gasteiger partial charge in [0.25, 0.3) is 0 Å². The zero-order valence-electron chi connectivity index (χ0n) is 11.1. The lowest BCUT2D eigenvalue weighted by Crippen LogP contribution is -2.10. The molecule has 0 saturated carbocycles. The first kappa shape index (κ1) is 16.7. The van der Waals surface area contributed by atoms with Gasteiger partial charge in [0, 0.05) is 15.7 Å². The Kier molecular flexibility index (Phi) is 5.61. The maximum atomic E-state index is 13.4. The van der Waals surface area contributed by atoms with Gasteiger partial charge < -0.3 is 5.32 Å². The summed E-state index contributed by atoms with van der Waals surface area (Å²) in [6, 6.07) is 8.25. The molecule has 0 fully saturated rings. The fourth-order valence-corrected chi connectivity index (χ4v) is 3.05. The lowest BCUT2D eigenvalue weighted by Gasteiger charge is -2.20. The van der Waals surface area contributed by atoms with E-state index in [1.165, 1.54) is 12.1 Å². The van der Waals surface area contributed by atoms with Gasteiger partial charge in [0.2, 0.25) is 0 Å². The second kappa shape index (κ2) is 7.06. The van der Waals surface area contributed by atoms with Crippen LogP contribution in [0.4, 0.5) is 10.1 Å². The third-order valence-electron chi connectivity index (χ3n) is 3.07. The van der Waals surface area contributed by atoms with E-state index in [0.717, 1.165) is 12.0 Å². The molecule has 21 heavy (non-hydrogen) atoms. The summed E-state index contributed by atoms with van der Waals surface area (Å²) >= 11 is 23.7. The van der Waals surface area contributed by atoms with Gasteiger partial charge in [0.15, 0.2) is 5.82 Å². The minimum absolute atomic E-state index is 0.0259. The van der Waals surface area contributed by atoms with Crippen molar-refractivity contribution in [1.29, 1.82) is 0 Å². The van der Waals surface area contributed by atoms with Crippen LogP contribution in [0.1, 0.15) is 24.9 Å². The van der Waals surface area contributed by atoms with E-state index in [2.05, 4.69) is 5.32 Å². The quantitative estimate of drug-likeness (QED) is 0.574. The molecule has 0 aliphatic carbocycles. The van der Waals surface area contributed by atoms with E-state index in [0.29, 0.717) is 15.7 Å². The summed E-state index contributed by atoms with van der Waals surface area (Å²) < 4.78 is 13.4. The van der Waals surface area contributed by atoms with Crippen LogP contribution in [-0.2, 0) is 0 Å². The fourth-order valence-electron chi connectivity index (χ4n) is 2.02. The van der Waals surface area contributed by atoms with Crippen LogP contribution >= 0.6 is 46.4 Å². The average molecular weight is 367 g/mol. The Morgan fingerprint density at radius 3 is 2.14 bits per heavy atom. The molecule has 1 atom stereocenters. The van der Waals surface area contributed by atoms with Gasteiger partial charge >= 0.3 is 0 Å². The molecule has 0 spiro atoms. The van der Waals surface area contributed by atoms with Crippen molar-refractivity contribution >= 4 is 52.1 Å². The van der Waals surface area contributed by atoms with Crippen molar-refractivity contribution in [3.8, 4) is 0 Å². The van der Waals surface area contributed by atoms with E-state index in [-0.39, 0.29) is 16.1 Å². The molecule has 1 nitrogen and oxygen atoms in total. The van der Waals surface area contributed by atoms with Crippen molar-refractivity contribution in [1.82, 2.24) is 0 Å². The molecule has 1 unspecified atom stereocenters. The highest BCUT2D eigenvalue weighted by Crippen LogP contribution is 2.33. The van der Waals surface area contributed by atoms with E-state index in [9.17, 15) is 4.39 Å². The summed E-state index contributed by atoms with van der Waals surface area (Å²) in [4.78, 5) is 0. The topological polar surface area (TPSA) is 12.0 Å². The van der Waals surface area contributed by atoms with Crippen LogP contribution in [-0.4, -0.2) is 0 Å². The van der Waals surface area contributed by atoms with Crippen molar-refractivity contribution in [3.05, 3.63) is 61.8 Å². The highest BCUT2D eigenvalue weighted by molar-refractivity contribution is 6.35. The van der Waals surface area contributed by atoms with Gasteiger partial charge in [-0.2, -0.15) is 0 Å². The second-order valence-electron chi connectivity index (χ2n) is 4.52. The van der Waals surface area contributed by atoms with Gasteiger partial charge in [-0.15, -0.1) is 0 Å². The van der Waals surface area contributed by atoms with E-state index >= 15 is 0 Å². The van der Waals surface area contributed by atoms with E-state index in [4.69, 9.17) is 46.4 Å². The third-order valence-corrected chi connectivity index (χ3v) is 4.18. The molecule has 6 heteroatoms. The standard InChI is InChI=1S/C15H12Cl4FN/c1-2-14(10-4-3-8(16)5-11(10)17)21-9-6-12(18)15(20)13(19)7-9/h3-7,14,21H,2H2,1H3. The zero-order chi connectivity index (χ0) is 15.6. The number of halogens is 5. The number of nitrogens with one attached hydrogen (secondary N) is 1. The van der Waals surface area contributed by atoms with Crippen LogP contribution in [0.5, 0.6) is 0 Å². The monoisotopic (exact) mass is 365 g/mol. The molecular formula is C15H12Cl4FN. The first-order valence-electron chi connectivity index (χ1n) is 6.28. The Bertz CT molecular complexity index is 637. The Morgan fingerprint density at radius 1 is 1.00 bits per heavy atom. The molecule has 0 aliphatic heterocycles. The number of anilines is 1. The fraction of sp³-hybridized carbons (Fsp3) is 0.200. The minimum atomic E-state index is -0.624. The molecule has 2 rings (SSSR count). The zero-order valence-corrected chi connectivity index (χ0v) is 14.1. The summed E-state index contributed by atoms with van der Waals surface area (Å²) in [7, 11) is 0. The molecule has 0 radical (unpaired) electrons. The molecule has 1 N–H and O–H groups in total. The number of hydrogen-bond donors (Lipinski definition) is 1. The normalized spacial score (nSPS) is 12.3. The van der Waals surface area contributed by atoms with Crippen molar-refractivity contribution in [2.24, 2.45) is 0 Å². The summed E-state index contributed by atoms with van der Waals surface area (Å²) in [6.07, 6.45) is 0.772. The number of rotatable bonds is 4. The van der Waals surface area contributed by atoms with Crippen molar-refractivity contribution in [2.75, 3.05) is 5.32 Å². The van der Waals surface area contributed by atoms with Crippen LogP contribution in [0.2, 0.25) is 20.1 Å². The molecule has 0 aliphatic rings. The molecule has 2 aromatic rings. The van der Waals surface area contributed by atoms with Crippen LogP contribution in [0, 0.1) is 5.82 Å². The summed E-state index contributed by atoms with van der Waals surface area (Å²) in [5.74, 6) is -0.624. The van der Waals surface area contributed by atoms with Crippen LogP contribution in [0.15, 0.2) is 30.3 Å². The predicted octanol–water partition coefficient (Wildman–Crippen LogP) is 7.00. The molecule has 0 saturated heterocycles. The molecule has 2 aromatic carbocycles. The molecule has 0 aromatic heterocycles. The third kappa shape index (κ3) is 3.95. The molecule has 0 amide bonds. The van der Waals surface area contributed by atoms with Crippen molar-refractivity contribution in [2.45, 2.75) is 19.4 Å². The lowest BCUT2D eigenvalue weighted by molar-refractivity contribution is 0.628. The van der Waals surface area contributed by atoms with E-state index in [1.807, 2.05) is 13.0 Å². The first-order valence-corrected chi connectivity index (χ1v) is 7.79. The smallest absolute Gasteiger partial charge is 0.160 e. The van der Waals surface area contributed by atoms with Crippen molar-refractivity contribution < 1.29 is 4.39 Å². The van der Waals surface area contributed by atoms with Gasteiger partial charge in [-0.05, 0) is 36.2 Å². The summed E-state index contributed by atoms with van der Waals surface area (Å²) in [6.45, 7) is 2.01. The first-order chi connectivity index (χ1) is 9.92. The summed E-state index contributed by atoms with van der Waals surface area (Å²) in [5.41, 5.74) is 1.53. The Morgan fingerprint density at radius 2 is 1.62 bits per heavy atom. The molecule has 0 bridgehead atoms. The van der Waals surface area contributed by atoms with Gasteiger partial charge in [-0.3, -0.25) is 0 Å². The van der Waals surface area contributed by atoms with Crippen molar-refractivity contribution in [3.63, 3.8) is 0 Å². The molecule has 0 heterocycles. The van der Waals surface area contributed by atoms with E-state index in [1.54, 1.807) is 12.1 Å². The van der Waals surface area contributed by atoms with Crippen LogP contribution < -0.4 is 5.32 Å². The lowest BCUT2D eigenvalue weighted by atomic mass is 10.0. The Hall–Kier alpha value is -0.670. The van der Waals surface area contributed by atoms with E-state index < -0.39 is 5.82 Å². The Balaban J connectivity index is 2.31. The highest BCUT2D eigenvalue weighted by Gasteiger charge is 2.15.